The molecule has 1 amide bonds. The van der Waals surface area contributed by atoms with Crippen molar-refractivity contribution in [2.24, 2.45) is 11.8 Å². The largest absolute Gasteiger partial charge is 0.403 e. The number of carbonyl (C=O) groups is 1. The Morgan fingerprint density at radius 1 is 0.816 bits per heavy atom. The fourth-order valence-electron chi connectivity index (χ4n) is 3.63. The smallest absolute Gasteiger partial charge is 0.322 e. The highest BCUT2D eigenvalue weighted by atomic mass is 32.2. The van der Waals surface area contributed by atoms with Gasteiger partial charge in [-0.3, -0.25) is 10.1 Å². The molecule has 0 spiro atoms. The number of hydrogen-bond donors (Lipinski definition) is 1. The van der Waals surface area contributed by atoms with E-state index in [1.807, 2.05) is 27.7 Å². The van der Waals surface area contributed by atoms with Crippen molar-refractivity contribution in [3.63, 3.8) is 0 Å². The van der Waals surface area contributed by atoms with Crippen LogP contribution in [0.15, 0.2) is 62.7 Å². The molecule has 0 saturated carbocycles. The van der Waals surface area contributed by atoms with E-state index < -0.39 is 31.0 Å². The Morgan fingerprint density at radius 3 is 1.84 bits per heavy atom. The summed E-state index contributed by atoms with van der Waals surface area (Å²) in [5, 5.41) is 9.68. The van der Waals surface area contributed by atoms with E-state index in [1.54, 1.807) is 26.0 Å². The summed E-state index contributed by atoms with van der Waals surface area (Å²) in [6, 6.07) is 11.5. The number of sulfone groups is 1. The number of aromatic nitrogens is 2. The van der Waals surface area contributed by atoms with Crippen LogP contribution in [0.3, 0.4) is 0 Å². The Balaban J connectivity index is 1.72. The van der Waals surface area contributed by atoms with Crippen molar-refractivity contribution in [3.8, 4) is 11.5 Å². The van der Waals surface area contributed by atoms with E-state index in [0.29, 0.717) is 18.7 Å². The molecule has 0 aliphatic heterocycles. The molecule has 12 heteroatoms. The first-order valence-corrected chi connectivity index (χ1v) is 15.3. The molecule has 0 atom stereocenters. The summed E-state index contributed by atoms with van der Waals surface area (Å²) in [7, 11) is -7.12. The second kappa shape index (κ2) is 11.7. The molecule has 3 rings (SSSR count). The molecule has 0 aliphatic rings. The van der Waals surface area contributed by atoms with Crippen LogP contribution >= 0.6 is 0 Å². The molecule has 10 nitrogen and oxygen atoms in total. The molecular formula is C26H34N4O6S2. The lowest BCUT2D eigenvalue weighted by molar-refractivity contribution is 0.102. The van der Waals surface area contributed by atoms with Gasteiger partial charge in [0.05, 0.1) is 15.0 Å². The maximum absolute atomic E-state index is 13.2. The van der Waals surface area contributed by atoms with Crippen molar-refractivity contribution in [3.05, 3.63) is 54.1 Å². The molecule has 1 heterocycles. The quantitative estimate of drug-likeness (QED) is 0.361. The third-order valence-corrected chi connectivity index (χ3v) is 9.60. The number of anilines is 1. The van der Waals surface area contributed by atoms with Crippen molar-refractivity contribution in [2.75, 3.05) is 18.4 Å². The normalized spacial score (nSPS) is 12.6. The van der Waals surface area contributed by atoms with Crippen molar-refractivity contribution in [1.82, 2.24) is 14.5 Å². The van der Waals surface area contributed by atoms with Crippen LogP contribution in [0.1, 0.15) is 51.9 Å². The summed E-state index contributed by atoms with van der Waals surface area (Å²) in [4.78, 5) is 13.0. The number of hydrogen-bond acceptors (Lipinski definition) is 8. The summed E-state index contributed by atoms with van der Waals surface area (Å²) in [5.74, 6) is -0.118. The second-order valence-corrected chi connectivity index (χ2v) is 14.6. The van der Waals surface area contributed by atoms with Crippen LogP contribution in [-0.4, -0.2) is 55.6 Å². The highest BCUT2D eigenvalue weighted by Gasteiger charge is 2.26. The average molecular weight is 563 g/mol. The van der Waals surface area contributed by atoms with Gasteiger partial charge in [0.25, 0.3) is 5.91 Å². The lowest BCUT2D eigenvalue weighted by Gasteiger charge is -2.25. The van der Waals surface area contributed by atoms with Crippen LogP contribution in [0.2, 0.25) is 0 Å². The molecule has 0 fully saturated rings. The molecule has 206 valence electrons. The Hall–Kier alpha value is -3.09. The second-order valence-electron chi connectivity index (χ2n) is 10.1. The minimum atomic E-state index is -3.71. The molecule has 0 saturated heterocycles. The number of nitrogens with zero attached hydrogens (tertiary/aromatic N) is 3. The first-order chi connectivity index (χ1) is 17.7. The number of carbonyl (C=O) groups excluding carboxylic acids is 1. The van der Waals surface area contributed by atoms with Gasteiger partial charge in [-0.1, -0.05) is 32.8 Å². The monoisotopic (exact) mass is 562 g/mol. The van der Waals surface area contributed by atoms with Gasteiger partial charge in [0.2, 0.25) is 15.9 Å². The zero-order chi connectivity index (χ0) is 28.3. The van der Waals surface area contributed by atoms with Gasteiger partial charge in [-0.15, -0.1) is 5.10 Å². The number of sulfonamides is 1. The zero-order valence-electron chi connectivity index (χ0n) is 22.4. The SMILES string of the molecule is CC(C)CN(CC(C)C)S(=O)(=O)c1ccc(C(=O)Nc2nnc(-c3ccc(S(=O)(=O)C(C)C)cc3)o2)cc1. The van der Waals surface area contributed by atoms with E-state index in [-0.39, 0.29) is 39.1 Å². The van der Waals surface area contributed by atoms with Crippen LogP contribution < -0.4 is 5.32 Å². The Kier molecular flexibility index (Phi) is 9.11. The minimum absolute atomic E-state index is 0.102. The molecule has 3 aromatic rings. The van der Waals surface area contributed by atoms with Crippen molar-refractivity contribution >= 4 is 31.8 Å². The van der Waals surface area contributed by atoms with Crippen LogP contribution in [-0.2, 0) is 19.9 Å². The molecular weight excluding hydrogens is 528 g/mol. The maximum atomic E-state index is 13.2. The third kappa shape index (κ3) is 6.86. The Morgan fingerprint density at radius 2 is 1.34 bits per heavy atom. The summed E-state index contributed by atoms with van der Waals surface area (Å²) in [5.41, 5.74) is 0.703. The van der Waals surface area contributed by atoms with Crippen LogP contribution in [0.5, 0.6) is 0 Å². The van der Waals surface area contributed by atoms with Gasteiger partial charge in [0.15, 0.2) is 9.84 Å². The molecule has 38 heavy (non-hydrogen) atoms. The van der Waals surface area contributed by atoms with Crippen molar-refractivity contribution in [1.29, 1.82) is 0 Å². The van der Waals surface area contributed by atoms with E-state index in [2.05, 4.69) is 15.5 Å². The molecule has 0 bridgehead atoms. The molecule has 0 aliphatic carbocycles. The number of benzene rings is 2. The average Bonchev–Trinajstić information content (AvgIpc) is 3.31. The van der Waals surface area contributed by atoms with Gasteiger partial charge in [-0.25, -0.2) is 16.8 Å². The first-order valence-electron chi connectivity index (χ1n) is 12.3. The van der Waals surface area contributed by atoms with E-state index >= 15 is 0 Å². The van der Waals surface area contributed by atoms with E-state index in [4.69, 9.17) is 4.42 Å². The highest BCUT2D eigenvalue weighted by Crippen LogP contribution is 2.24. The standard InChI is InChI=1S/C26H34N4O6S2/c1-17(2)15-30(16-18(3)4)38(34,35)23-13-7-20(8-14-23)24(31)27-26-29-28-25(36-26)21-9-11-22(12-10-21)37(32,33)19(5)6/h7-14,17-19H,15-16H2,1-6H3,(H,27,29,31). The lowest BCUT2D eigenvalue weighted by atomic mass is 10.2. The van der Waals surface area contributed by atoms with Crippen LogP contribution in [0, 0.1) is 11.8 Å². The molecule has 1 aromatic heterocycles. The van der Waals surface area contributed by atoms with Gasteiger partial charge in [0, 0.05) is 24.2 Å². The fraction of sp³-hybridized carbons (Fsp3) is 0.423. The predicted molar refractivity (Wildman–Crippen MR) is 145 cm³/mol. The van der Waals surface area contributed by atoms with E-state index in [1.165, 1.54) is 40.7 Å². The van der Waals surface area contributed by atoms with Crippen molar-refractivity contribution in [2.45, 2.75) is 56.6 Å². The van der Waals surface area contributed by atoms with Gasteiger partial charge in [0.1, 0.15) is 0 Å². The van der Waals surface area contributed by atoms with Crippen molar-refractivity contribution < 1.29 is 26.0 Å². The molecule has 0 unspecified atom stereocenters. The van der Waals surface area contributed by atoms with Gasteiger partial charge in [-0.05, 0) is 74.2 Å². The topological polar surface area (TPSA) is 140 Å². The Labute approximate surface area is 224 Å². The van der Waals surface area contributed by atoms with Crippen LogP contribution in [0.25, 0.3) is 11.5 Å². The summed E-state index contributed by atoms with van der Waals surface area (Å²) in [6.45, 7) is 11.9. The summed E-state index contributed by atoms with van der Waals surface area (Å²) < 4.78 is 57.9. The molecule has 1 N–H and O–H groups in total. The number of amides is 1. The summed E-state index contributed by atoms with van der Waals surface area (Å²) in [6.07, 6.45) is 0. The van der Waals surface area contributed by atoms with Gasteiger partial charge in [-0.2, -0.15) is 4.31 Å². The maximum Gasteiger partial charge on any atom is 0.322 e. The van der Waals surface area contributed by atoms with E-state index in [9.17, 15) is 21.6 Å². The summed E-state index contributed by atoms with van der Waals surface area (Å²) >= 11 is 0. The predicted octanol–water partition coefficient (Wildman–Crippen LogP) is 4.47. The number of rotatable bonds is 11. The lowest BCUT2D eigenvalue weighted by Crippen LogP contribution is -2.37. The Bertz CT molecular complexity index is 1450. The van der Waals surface area contributed by atoms with Gasteiger partial charge < -0.3 is 4.42 Å². The first kappa shape index (κ1) is 29.5. The van der Waals surface area contributed by atoms with Crippen LogP contribution in [0.4, 0.5) is 6.01 Å². The van der Waals surface area contributed by atoms with Gasteiger partial charge >= 0.3 is 6.01 Å². The fourth-order valence-corrected chi connectivity index (χ4v) is 6.46. The number of nitrogens with one attached hydrogen (secondary N) is 1. The van der Waals surface area contributed by atoms with E-state index in [0.717, 1.165) is 0 Å². The third-order valence-electron chi connectivity index (χ3n) is 5.59. The minimum Gasteiger partial charge on any atom is -0.403 e. The highest BCUT2D eigenvalue weighted by molar-refractivity contribution is 7.92. The molecule has 0 radical (unpaired) electrons. The molecule has 2 aromatic carbocycles. The zero-order valence-corrected chi connectivity index (χ0v) is 24.0.